The van der Waals surface area contributed by atoms with E-state index in [0.717, 1.165) is 32.1 Å². The molecule has 118 valence electrons. The number of hydrogen-bond acceptors (Lipinski definition) is 3. The second-order valence-electron chi connectivity index (χ2n) is 5.75. The molecule has 0 heterocycles. The van der Waals surface area contributed by atoms with Crippen molar-refractivity contribution >= 4 is 21.6 Å². The molecule has 0 radical (unpaired) electrons. The van der Waals surface area contributed by atoms with Gasteiger partial charge in [-0.1, -0.05) is 37.8 Å². The minimum atomic E-state index is -3.58. The number of hydrogen-bond donors (Lipinski definition) is 2. The smallest absolute Gasteiger partial charge is 0.240 e. The van der Waals surface area contributed by atoms with E-state index in [1.807, 2.05) is 0 Å². The summed E-state index contributed by atoms with van der Waals surface area (Å²) in [5.41, 5.74) is 0.424. The minimum Gasteiger partial charge on any atom is -0.392 e. The van der Waals surface area contributed by atoms with Gasteiger partial charge in [-0.3, -0.25) is 0 Å². The Morgan fingerprint density at radius 2 is 2.00 bits per heavy atom. The SMILES string of the molecule is CC1CCCCCC1NS(=O)(=O)c1ccc(Cl)c(CO)c1. The molecule has 0 bridgehead atoms. The Labute approximate surface area is 131 Å². The Balaban J connectivity index is 2.21. The highest BCUT2D eigenvalue weighted by atomic mass is 35.5. The highest BCUT2D eigenvalue weighted by Crippen LogP contribution is 2.26. The molecule has 0 spiro atoms. The zero-order chi connectivity index (χ0) is 15.5. The van der Waals surface area contributed by atoms with Crippen molar-refractivity contribution in [3.63, 3.8) is 0 Å². The van der Waals surface area contributed by atoms with E-state index in [-0.39, 0.29) is 17.5 Å². The molecule has 2 N–H and O–H groups in total. The van der Waals surface area contributed by atoms with Gasteiger partial charge in [-0.05, 0) is 42.5 Å². The van der Waals surface area contributed by atoms with Gasteiger partial charge in [0.05, 0.1) is 11.5 Å². The molecule has 0 aliphatic heterocycles. The van der Waals surface area contributed by atoms with Crippen LogP contribution in [0.15, 0.2) is 23.1 Å². The Bertz CT molecular complexity index is 589. The van der Waals surface area contributed by atoms with Gasteiger partial charge in [0.2, 0.25) is 10.0 Å². The summed E-state index contributed by atoms with van der Waals surface area (Å²) in [7, 11) is -3.58. The topological polar surface area (TPSA) is 66.4 Å². The van der Waals surface area contributed by atoms with Crippen LogP contribution in [0.5, 0.6) is 0 Å². The molecule has 0 saturated heterocycles. The third-order valence-corrected chi connectivity index (χ3v) is 6.02. The summed E-state index contributed by atoms with van der Waals surface area (Å²) in [5.74, 6) is 0.340. The first-order valence-electron chi connectivity index (χ1n) is 7.35. The zero-order valence-corrected chi connectivity index (χ0v) is 13.8. The highest BCUT2D eigenvalue weighted by Gasteiger charge is 2.26. The molecule has 1 saturated carbocycles. The maximum absolute atomic E-state index is 12.5. The molecule has 4 nitrogen and oxygen atoms in total. The lowest BCUT2D eigenvalue weighted by atomic mass is 9.98. The van der Waals surface area contributed by atoms with Crippen LogP contribution in [0, 0.1) is 5.92 Å². The van der Waals surface area contributed by atoms with Crippen LogP contribution < -0.4 is 4.72 Å². The van der Waals surface area contributed by atoms with Crippen LogP contribution in [0.4, 0.5) is 0 Å². The van der Waals surface area contributed by atoms with Gasteiger partial charge >= 0.3 is 0 Å². The maximum atomic E-state index is 12.5. The summed E-state index contributed by atoms with van der Waals surface area (Å²) in [5, 5.41) is 9.58. The molecule has 21 heavy (non-hydrogen) atoms. The molecule has 2 atom stereocenters. The number of halogens is 1. The molecular formula is C15H22ClNO3S. The third kappa shape index (κ3) is 4.19. The van der Waals surface area contributed by atoms with E-state index in [2.05, 4.69) is 11.6 Å². The summed E-state index contributed by atoms with van der Waals surface area (Å²) in [6.45, 7) is 1.82. The molecule has 2 rings (SSSR count). The van der Waals surface area contributed by atoms with Crippen molar-refractivity contribution in [3.05, 3.63) is 28.8 Å². The molecule has 0 amide bonds. The fraction of sp³-hybridized carbons (Fsp3) is 0.600. The largest absolute Gasteiger partial charge is 0.392 e. The monoisotopic (exact) mass is 331 g/mol. The second kappa shape index (κ2) is 7.09. The molecule has 1 fully saturated rings. The first-order valence-corrected chi connectivity index (χ1v) is 9.22. The standard InChI is InChI=1S/C15H22ClNO3S/c1-11-5-3-2-4-6-15(11)17-21(19,20)13-7-8-14(16)12(9-13)10-18/h7-9,11,15,17-18H,2-6,10H2,1H3. The van der Waals surface area contributed by atoms with Crippen LogP contribution in [0.25, 0.3) is 0 Å². The van der Waals surface area contributed by atoms with Crippen molar-refractivity contribution in [2.45, 2.75) is 56.6 Å². The quantitative estimate of drug-likeness (QED) is 0.833. The van der Waals surface area contributed by atoms with Gasteiger partial charge in [-0.15, -0.1) is 0 Å². The first kappa shape index (κ1) is 16.7. The average Bonchev–Trinajstić information content (AvgIpc) is 2.64. The lowest BCUT2D eigenvalue weighted by molar-refractivity contribution is 0.281. The normalized spacial score (nSPS) is 23.8. The van der Waals surface area contributed by atoms with Crippen LogP contribution >= 0.6 is 11.6 Å². The lowest BCUT2D eigenvalue weighted by Crippen LogP contribution is -2.38. The van der Waals surface area contributed by atoms with Crippen molar-refractivity contribution in [1.29, 1.82) is 0 Å². The maximum Gasteiger partial charge on any atom is 0.240 e. The summed E-state index contributed by atoms with van der Waals surface area (Å²) in [6, 6.07) is 4.40. The molecule has 1 aromatic rings. The van der Waals surface area contributed by atoms with Gasteiger partial charge in [-0.2, -0.15) is 0 Å². The summed E-state index contributed by atoms with van der Waals surface area (Å²) in [6.07, 6.45) is 5.31. The molecule has 0 aromatic heterocycles. The van der Waals surface area contributed by atoms with Gasteiger partial charge in [-0.25, -0.2) is 13.1 Å². The van der Waals surface area contributed by atoms with Crippen molar-refractivity contribution in [2.75, 3.05) is 0 Å². The van der Waals surface area contributed by atoms with Gasteiger partial charge in [0.25, 0.3) is 0 Å². The van der Waals surface area contributed by atoms with Crippen molar-refractivity contribution in [1.82, 2.24) is 4.72 Å². The van der Waals surface area contributed by atoms with Crippen LogP contribution in [0.3, 0.4) is 0 Å². The Hall–Kier alpha value is -0.620. The Kier molecular flexibility index (Phi) is 5.66. The summed E-state index contributed by atoms with van der Waals surface area (Å²) < 4.78 is 27.8. The van der Waals surface area contributed by atoms with E-state index in [0.29, 0.717) is 16.5 Å². The average molecular weight is 332 g/mol. The Morgan fingerprint density at radius 3 is 2.71 bits per heavy atom. The van der Waals surface area contributed by atoms with Gasteiger partial charge in [0.1, 0.15) is 0 Å². The number of sulfonamides is 1. The minimum absolute atomic E-state index is 0.0224. The van der Waals surface area contributed by atoms with E-state index in [1.54, 1.807) is 0 Å². The van der Waals surface area contributed by atoms with Crippen LogP contribution in [0.1, 0.15) is 44.6 Å². The fourth-order valence-corrected chi connectivity index (χ4v) is 4.38. The third-order valence-electron chi connectivity index (χ3n) is 4.17. The lowest BCUT2D eigenvalue weighted by Gasteiger charge is -2.22. The number of benzene rings is 1. The van der Waals surface area contributed by atoms with E-state index < -0.39 is 10.0 Å². The van der Waals surface area contributed by atoms with Gasteiger partial charge in [0, 0.05) is 11.1 Å². The second-order valence-corrected chi connectivity index (χ2v) is 7.88. The van der Waals surface area contributed by atoms with Crippen LogP contribution in [-0.4, -0.2) is 19.6 Å². The number of rotatable bonds is 4. The van der Waals surface area contributed by atoms with Crippen molar-refractivity contribution in [3.8, 4) is 0 Å². The van der Waals surface area contributed by atoms with E-state index in [4.69, 9.17) is 11.6 Å². The number of nitrogens with one attached hydrogen (secondary N) is 1. The molecule has 1 aliphatic rings. The molecule has 1 aromatic carbocycles. The van der Waals surface area contributed by atoms with Crippen molar-refractivity contribution in [2.24, 2.45) is 5.92 Å². The van der Waals surface area contributed by atoms with Gasteiger partial charge in [0.15, 0.2) is 0 Å². The summed E-state index contributed by atoms with van der Waals surface area (Å²) in [4.78, 5) is 0.160. The summed E-state index contributed by atoms with van der Waals surface area (Å²) >= 11 is 5.91. The first-order chi connectivity index (χ1) is 9.94. The number of aliphatic hydroxyl groups is 1. The van der Waals surface area contributed by atoms with Crippen LogP contribution in [0.2, 0.25) is 5.02 Å². The van der Waals surface area contributed by atoms with E-state index in [1.165, 1.54) is 18.2 Å². The van der Waals surface area contributed by atoms with E-state index >= 15 is 0 Å². The highest BCUT2D eigenvalue weighted by molar-refractivity contribution is 7.89. The molecule has 1 aliphatic carbocycles. The zero-order valence-electron chi connectivity index (χ0n) is 12.2. The number of aliphatic hydroxyl groups excluding tert-OH is 1. The molecular weight excluding hydrogens is 310 g/mol. The fourth-order valence-electron chi connectivity index (χ4n) is 2.77. The van der Waals surface area contributed by atoms with Crippen LogP contribution in [-0.2, 0) is 16.6 Å². The Morgan fingerprint density at radius 1 is 1.29 bits per heavy atom. The predicted octanol–water partition coefficient (Wildman–Crippen LogP) is 3.08. The molecule has 2 unspecified atom stereocenters. The van der Waals surface area contributed by atoms with Gasteiger partial charge < -0.3 is 5.11 Å². The molecule has 6 heteroatoms. The predicted molar refractivity (Wildman–Crippen MR) is 83.7 cm³/mol. The van der Waals surface area contributed by atoms with Crippen molar-refractivity contribution < 1.29 is 13.5 Å². The van der Waals surface area contributed by atoms with E-state index in [9.17, 15) is 13.5 Å².